The average Bonchev–Trinajstić information content (AvgIpc) is 2.05. The topological polar surface area (TPSA) is 52.3 Å². The van der Waals surface area contributed by atoms with Crippen LogP contribution in [-0.4, -0.2) is 5.91 Å². The van der Waals surface area contributed by atoms with E-state index >= 15 is 0 Å². The Hall–Kier alpha value is -0.780. The number of nitrogens with two attached hydrogens (primary N) is 1. The van der Waals surface area contributed by atoms with Crippen molar-refractivity contribution in [3.8, 4) is 5.75 Å². The van der Waals surface area contributed by atoms with Crippen molar-refractivity contribution in [2.75, 3.05) is 0 Å². The lowest BCUT2D eigenvalue weighted by Gasteiger charge is -1.96. The van der Waals surface area contributed by atoms with E-state index in [1.807, 2.05) is 0 Å². The second-order valence-corrected chi connectivity index (χ2v) is 2.41. The van der Waals surface area contributed by atoms with Crippen LogP contribution >= 0.6 is 23.0 Å². The van der Waals surface area contributed by atoms with E-state index in [0.717, 1.165) is 0 Å². The number of primary amides is 1. The maximum atomic E-state index is 10.6. The molecule has 0 unspecified atom stereocenters. The molecule has 0 aromatic heterocycles. The lowest BCUT2D eigenvalue weighted by Crippen LogP contribution is -2.10. The molecule has 0 bridgehead atoms. The van der Waals surface area contributed by atoms with Crippen LogP contribution in [-0.2, 0) is 0 Å². The number of rotatable bonds is 2. The van der Waals surface area contributed by atoms with Gasteiger partial charge in [-0.15, -0.1) is 0 Å². The van der Waals surface area contributed by atoms with Crippen LogP contribution in [0, 0.1) is 0 Å². The molecule has 0 radical (unpaired) electrons. The Balaban J connectivity index is 2.91. The summed E-state index contributed by atoms with van der Waals surface area (Å²) in [6.07, 6.45) is 0. The summed E-state index contributed by atoms with van der Waals surface area (Å²) in [6, 6.07) is 6.62. The van der Waals surface area contributed by atoms with Gasteiger partial charge in [-0.3, -0.25) is 4.79 Å². The summed E-state index contributed by atoms with van der Waals surface area (Å²) in [6.45, 7) is 0. The highest BCUT2D eigenvalue weighted by atomic mass is 127. The molecule has 1 amide bonds. The standard InChI is InChI=1S/C7H6INO2/c8-11-6-3-1-5(2-4-6)7(9)10/h1-4H,(H2,9,10). The van der Waals surface area contributed by atoms with E-state index in [9.17, 15) is 4.79 Å². The Bertz CT molecular complexity index is 258. The molecule has 58 valence electrons. The highest BCUT2D eigenvalue weighted by Crippen LogP contribution is 2.13. The molecular weight excluding hydrogens is 257 g/mol. The van der Waals surface area contributed by atoms with Gasteiger partial charge in [-0.2, -0.15) is 0 Å². The van der Waals surface area contributed by atoms with Crippen molar-refractivity contribution >= 4 is 28.9 Å². The summed E-state index contributed by atoms with van der Waals surface area (Å²) >= 11 is 1.77. The zero-order chi connectivity index (χ0) is 8.27. The van der Waals surface area contributed by atoms with Crippen molar-refractivity contribution < 1.29 is 7.86 Å². The van der Waals surface area contributed by atoms with E-state index in [4.69, 9.17) is 8.80 Å². The predicted molar refractivity (Wildman–Crippen MR) is 49.6 cm³/mol. The lowest BCUT2D eigenvalue weighted by atomic mass is 10.2. The summed E-state index contributed by atoms with van der Waals surface area (Å²) in [4.78, 5) is 10.6. The van der Waals surface area contributed by atoms with Gasteiger partial charge in [0.15, 0.2) is 23.0 Å². The minimum atomic E-state index is -0.426. The molecule has 2 N–H and O–H groups in total. The number of amides is 1. The van der Waals surface area contributed by atoms with Crippen LogP contribution in [0.5, 0.6) is 5.75 Å². The number of carbonyl (C=O) groups is 1. The van der Waals surface area contributed by atoms with Crippen LogP contribution in [0.3, 0.4) is 0 Å². The second kappa shape index (κ2) is 3.56. The third kappa shape index (κ3) is 2.07. The fraction of sp³-hybridized carbons (Fsp3) is 0. The Morgan fingerprint density at radius 3 is 2.27 bits per heavy atom. The van der Waals surface area contributed by atoms with Crippen LogP contribution in [0.2, 0.25) is 0 Å². The van der Waals surface area contributed by atoms with Crippen molar-refractivity contribution in [3.63, 3.8) is 0 Å². The van der Waals surface area contributed by atoms with Crippen LogP contribution in [0.1, 0.15) is 10.4 Å². The molecule has 0 aliphatic rings. The Morgan fingerprint density at radius 2 is 1.91 bits per heavy atom. The smallest absolute Gasteiger partial charge is 0.248 e. The first-order chi connectivity index (χ1) is 5.24. The Labute approximate surface area is 78.2 Å². The molecule has 3 nitrogen and oxygen atoms in total. The number of hydrogen-bond acceptors (Lipinski definition) is 2. The minimum Gasteiger partial charge on any atom is -0.428 e. The molecular formula is C7H6INO2. The molecule has 1 aromatic carbocycles. The third-order valence-electron chi connectivity index (χ3n) is 1.23. The van der Waals surface area contributed by atoms with Crippen molar-refractivity contribution in [2.24, 2.45) is 5.73 Å². The summed E-state index contributed by atoms with van der Waals surface area (Å²) in [7, 11) is 0. The number of benzene rings is 1. The van der Waals surface area contributed by atoms with Crippen molar-refractivity contribution in [3.05, 3.63) is 29.8 Å². The highest BCUT2D eigenvalue weighted by molar-refractivity contribution is 14.1. The molecule has 0 saturated heterocycles. The third-order valence-corrected chi connectivity index (χ3v) is 1.74. The first kappa shape index (κ1) is 8.32. The maximum Gasteiger partial charge on any atom is 0.248 e. The van der Waals surface area contributed by atoms with E-state index in [2.05, 4.69) is 0 Å². The van der Waals surface area contributed by atoms with Gasteiger partial charge in [-0.05, 0) is 24.3 Å². The van der Waals surface area contributed by atoms with Gasteiger partial charge in [-0.1, -0.05) is 0 Å². The van der Waals surface area contributed by atoms with E-state index in [1.165, 1.54) is 0 Å². The first-order valence-electron chi connectivity index (χ1n) is 2.92. The molecule has 0 atom stereocenters. The van der Waals surface area contributed by atoms with Gasteiger partial charge in [0, 0.05) is 5.56 Å². The molecule has 0 heterocycles. The predicted octanol–water partition coefficient (Wildman–Crippen LogP) is 1.51. The normalized spacial score (nSPS) is 9.18. The summed E-state index contributed by atoms with van der Waals surface area (Å²) < 4.78 is 4.87. The van der Waals surface area contributed by atoms with Crippen LogP contribution in [0.15, 0.2) is 24.3 Å². The van der Waals surface area contributed by atoms with Crippen LogP contribution in [0.25, 0.3) is 0 Å². The molecule has 1 aromatic rings. The fourth-order valence-electron chi connectivity index (χ4n) is 0.671. The lowest BCUT2D eigenvalue weighted by molar-refractivity contribution is 0.100. The van der Waals surface area contributed by atoms with E-state index in [0.29, 0.717) is 11.3 Å². The van der Waals surface area contributed by atoms with Gasteiger partial charge in [-0.25, -0.2) is 0 Å². The Morgan fingerprint density at radius 1 is 1.36 bits per heavy atom. The quantitative estimate of drug-likeness (QED) is 0.822. The SMILES string of the molecule is NC(=O)c1ccc(OI)cc1. The average molecular weight is 263 g/mol. The van der Waals surface area contributed by atoms with Crippen molar-refractivity contribution in [1.29, 1.82) is 0 Å². The summed E-state index contributed by atoms with van der Waals surface area (Å²) in [5.74, 6) is 0.278. The molecule has 11 heavy (non-hydrogen) atoms. The molecule has 4 heteroatoms. The number of carbonyl (C=O) groups excluding carboxylic acids is 1. The van der Waals surface area contributed by atoms with Crippen molar-refractivity contribution in [1.82, 2.24) is 0 Å². The maximum absolute atomic E-state index is 10.6. The van der Waals surface area contributed by atoms with E-state index in [-0.39, 0.29) is 0 Å². The minimum absolute atomic E-state index is 0.426. The summed E-state index contributed by atoms with van der Waals surface area (Å²) in [5, 5.41) is 0. The Kier molecular flexibility index (Phi) is 2.70. The molecule has 0 fully saturated rings. The van der Waals surface area contributed by atoms with E-state index in [1.54, 1.807) is 47.3 Å². The number of halogens is 1. The van der Waals surface area contributed by atoms with Gasteiger partial charge >= 0.3 is 0 Å². The zero-order valence-electron chi connectivity index (χ0n) is 5.58. The summed E-state index contributed by atoms with van der Waals surface area (Å²) in [5.41, 5.74) is 5.51. The largest absolute Gasteiger partial charge is 0.428 e. The van der Waals surface area contributed by atoms with Gasteiger partial charge in [0.2, 0.25) is 5.91 Å². The molecule has 0 saturated carbocycles. The van der Waals surface area contributed by atoms with Crippen LogP contribution in [0.4, 0.5) is 0 Å². The number of hydrogen-bond donors (Lipinski definition) is 1. The van der Waals surface area contributed by atoms with E-state index < -0.39 is 5.91 Å². The first-order valence-corrected chi connectivity index (χ1v) is 3.80. The molecule has 1 rings (SSSR count). The highest BCUT2D eigenvalue weighted by Gasteiger charge is 1.98. The zero-order valence-corrected chi connectivity index (χ0v) is 7.74. The van der Waals surface area contributed by atoms with Gasteiger partial charge < -0.3 is 8.80 Å². The monoisotopic (exact) mass is 263 g/mol. The van der Waals surface area contributed by atoms with Gasteiger partial charge in [0.1, 0.15) is 5.75 Å². The molecule has 0 aliphatic carbocycles. The molecule has 0 aliphatic heterocycles. The van der Waals surface area contributed by atoms with Gasteiger partial charge in [0.25, 0.3) is 0 Å². The van der Waals surface area contributed by atoms with Crippen LogP contribution < -0.4 is 8.80 Å². The van der Waals surface area contributed by atoms with Crippen molar-refractivity contribution in [2.45, 2.75) is 0 Å². The molecule has 0 spiro atoms. The van der Waals surface area contributed by atoms with Gasteiger partial charge in [0.05, 0.1) is 0 Å². The second-order valence-electron chi connectivity index (χ2n) is 1.97. The fourth-order valence-corrected chi connectivity index (χ4v) is 0.964.